The topological polar surface area (TPSA) is 52.7 Å². The molecule has 0 bridgehead atoms. The third-order valence-electron chi connectivity index (χ3n) is 5.74. The second-order valence-corrected chi connectivity index (χ2v) is 7.42. The van der Waals surface area contributed by atoms with Crippen molar-refractivity contribution in [2.75, 3.05) is 31.6 Å². The number of hydrogen-bond acceptors (Lipinski definition) is 3. The fourth-order valence-corrected chi connectivity index (χ4v) is 4.01. The van der Waals surface area contributed by atoms with Crippen LogP contribution in [0.1, 0.15) is 32.6 Å². The van der Waals surface area contributed by atoms with E-state index in [4.69, 9.17) is 0 Å². The summed E-state index contributed by atoms with van der Waals surface area (Å²) >= 11 is 0. The van der Waals surface area contributed by atoms with Gasteiger partial charge in [-0.2, -0.15) is 0 Å². The van der Waals surface area contributed by atoms with Gasteiger partial charge in [0.2, 0.25) is 11.8 Å². The highest BCUT2D eigenvalue weighted by Gasteiger charge is 2.37. The number of amides is 2. The lowest BCUT2D eigenvalue weighted by Gasteiger charge is -2.30. The number of nitrogens with one attached hydrogen (secondary N) is 1. The van der Waals surface area contributed by atoms with Crippen LogP contribution in [-0.2, 0) is 9.59 Å². The van der Waals surface area contributed by atoms with E-state index in [1.165, 1.54) is 12.8 Å². The van der Waals surface area contributed by atoms with Gasteiger partial charge < -0.3 is 15.1 Å². The van der Waals surface area contributed by atoms with Crippen LogP contribution in [0, 0.1) is 11.8 Å². The van der Waals surface area contributed by atoms with Crippen LogP contribution in [0.3, 0.4) is 0 Å². The van der Waals surface area contributed by atoms with Crippen molar-refractivity contribution in [1.82, 2.24) is 10.2 Å². The Hall–Kier alpha value is -1.88. The molecule has 3 atom stereocenters. The maximum atomic E-state index is 12.8. The highest BCUT2D eigenvalue weighted by molar-refractivity contribution is 6.01. The van der Waals surface area contributed by atoms with Crippen LogP contribution >= 0.6 is 0 Å². The van der Waals surface area contributed by atoms with Crippen molar-refractivity contribution in [1.29, 1.82) is 0 Å². The molecular formula is C20H29N3O2. The van der Waals surface area contributed by atoms with Crippen molar-refractivity contribution in [3.05, 3.63) is 30.3 Å². The van der Waals surface area contributed by atoms with E-state index in [1.807, 2.05) is 30.3 Å². The van der Waals surface area contributed by atoms with Gasteiger partial charge in [0.05, 0.1) is 0 Å². The van der Waals surface area contributed by atoms with Gasteiger partial charge in [0.1, 0.15) is 6.04 Å². The Morgan fingerprint density at radius 3 is 2.76 bits per heavy atom. The van der Waals surface area contributed by atoms with Crippen molar-refractivity contribution < 1.29 is 9.59 Å². The van der Waals surface area contributed by atoms with Crippen LogP contribution in [0.5, 0.6) is 0 Å². The molecule has 2 saturated heterocycles. The third kappa shape index (κ3) is 4.03. The van der Waals surface area contributed by atoms with E-state index in [-0.39, 0.29) is 17.9 Å². The Kier molecular flexibility index (Phi) is 5.74. The number of likely N-dealkylation sites (N-methyl/N-ethyl adjacent to an activating group) is 1. The second-order valence-electron chi connectivity index (χ2n) is 7.42. The first kappa shape index (κ1) is 17.9. The zero-order valence-corrected chi connectivity index (χ0v) is 15.3. The number of rotatable bonds is 5. The molecule has 2 aliphatic rings. The predicted octanol–water partition coefficient (Wildman–Crippen LogP) is 2.28. The zero-order chi connectivity index (χ0) is 17.8. The molecule has 3 rings (SSSR count). The van der Waals surface area contributed by atoms with Gasteiger partial charge in [0.15, 0.2) is 0 Å². The smallest absolute Gasteiger partial charge is 0.249 e. The Bertz CT molecular complexity index is 598. The van der Waals surface area contributed by atoms with Gasteiger partial charge >= 0.3 is 0 Å². The highest BCUT2D eigenvalue weighted by atomic mass is 16.2. The molecule has 1 N–H and O–H groups in total. The molecule has 2 aliphatic heterocycles. The van der Waals surface area contributed by atoms with Crippen molar-refractivity contribution in [3.8, 4) is 0 Å². The van der Waals surface area contributed by atoms with Gasteiger partial charge in [0, 0.05) is 25.7 Å². The number of hydrogen-bond donors (Lipinski definition) is 1. The molecule has 0 spiro atoms. The van der Waals surface area contributed by atoms with E-state index in [2.05, 4.69) is 12.2 Å². The summed E-state index contributed by atoms with van der Waals surface area (Å²) in [4.78, 5) is 28.9. The molecule has 2 fully saturated rings. The molecule has 136 valence electrons. The van der Waals surface area contributed by atoms with E-state index in [0.717, 1.165) is 18.8 Å². The molecular weight excluding hydrogens is 314 g/mol. The maximum absolute atomic E-state index is 12.8. The van der Waals surface area contributed by atoms with Gasteiger partial charge in [-0.05, 0) is 56.3 Å². The van der Waals surface area contributed by atoms with Crippen LogP contribution in [0.4, 0.5) is 5.69 Å². The second kappa shape index (κ2) is 8.00. The third-order valence-corrected chi connectivity index (χ3v) is 5.74. The molecule has 2 heterocycles. The van der Waals surface area contributed by atoms with Gasteiger partial charge in [-0.3, -0.25) is 9.59 Å². The number of piperidine rings is 1. The number of nitrogens with zero attached hydrogens (tertiary/aromatic N) is 2. The summed E-state index contributed by atoms with van der Waals surface area (Å²) in [7, 11) is 1.78. The number of benzene rings is 1. The lowest BCUT2D eigenvalue weighted by molar-refractivity contribution is -0.137. The predicted molar refractivity (Wildman–Crippen MR) is 99.3 cm³/mol. The first-order chi connectivity index (χ1) is 12.1. The molecule has 0 radical (unpaired) electrons. The Balaban J connectivity index is 1.58. The Morgan fingerprint density at radius 2 is 2.08 bits per heavy atom. The number of anilines is 1. The van der Waals surface area contributed by atoms with Crippen molar-refractivity contribution in [2.24, 2.45) is 11.8 Å². The van der Waals surface area contributed by atoms with Gasteiger partial charge in [0.25, 0.3) is 0 Å². The fourth-order valence-electron chi connectivity index (χ4n) is 4.01. The van der Waals surface area contributed by atoms with Crippen LogP contribution in [0.25, 0.3) is 0 Å². The largest absolute Gasteiger partial charge is 0.334 e. The van der Waals surface area contributed by atoms with Crippen LogP contribution in [0.15, 0.2) is 30.3 Å². The number of carbonyl (C=O) groups excluding carboxylic acids is 2. The minimum Gasteiger partial charge on any atom is -0.334 e. The van der Waals surface area contributed by atoms with Gasteiger partial charge in [-0.15, -0.1) is 0 Å². The van der Waals surface area contributed by atoms with Crippen LogP contribution in [-0.4, -0.2) is 49.4 Å². The maximum Gasteiger partial charge on any atom is 0.249 e. The SMILES string of the molecule is CC(CC(=O)N(C)C1CCN(c2ccccc2)C1=O)C1CCCNC1. The quantitative estimate of drug-likeness (QED) is 0.892. The Morgan fingerprint density at radius 1 is 1.32 bits per heavy atom. The van der Waals surface area contributed by atoms with Crippen LogP contribution < -0.4 is 10.2 Å². The molecule has 25 heavy (non-hydrogen) atoms. The van der Waals surface area contributed by atoms with E-state index < -0.39 is 0 Å². The van der Waals surface area contributed by atoms with E-state index in [1.54, 1.807) is 16.8 Å². The summed E-state index contributed by atoms with van der Waals surface area (Å²) in [6.07, 6.45) is 3.61. The van der Waals surface area contributed by atoms with E-state index in [9.17, 15) is 9.59 Å². The molecule has 0 saturated carbocycles. The average Bonchev–Trinajstić information content (AvgIpc) is 3.03. The minimum atomic E-state index is -0.329. The van der Waals surface area contributed by atoms with E-state index >= 15 is 0 Å². The van der Waals surface area contributed by atoms with Crippen molar-refractivity contribution in [3.63, 3.8) is 0 Å². The molecule has 0 aromatic heterocycles. The summed E-state index contributed by atoms with van der Waals surface area (Å²) in [6, 6.07) is 9.37. The van der Waals surface area contributed by atoms with Crippen molar-refractivity contribution in [2.45, 2.75) is 38.6 Å². The normalized spacial score (nSPS) is 25.0. The summed E-state index contributed by atoms with van der Waals surface area (Å²) < 4.78 is 0. The minimum absolute atomic E-state index is 0.0361. The van der Waals surface area contributed by atoms with Crippen molar-refractivity contribution >= 4 is 17.5 Å². The van der Waals surface area contributed by atoms with Gasteiger partial charge in [-0.25, -0.2) is 0 Å². The molecule has 5 heteroatoms. The standard InChI is InChI=1S/C20H29N3O2/c1-15(16-7-6-11-21-14-16)13-19(24)22(2)18-10-12-23(20(18)25)17-8-4-3-5-9-17/h3-5,8-9,15-16,18,21H,6-7,10-14H2,1-2H3. The number of para-hydroxylation sites is 1. The fraction of sp³-hybridized carbons (Fsp3) is 0.600. The van der Waals surface area contributed by atoms with Crippen LogP contribution in [0.2, 0.25) is 0 Å². The number of carbonyl (C=O) groups is 2. The molecule has 1 aromatic rings. The summed E-state index contributed by atoms with van der Waals surface area (Å²) in [6.45, 7) is 4.93. The van der Waals surface area contributed by atoms with Gasteiger partial charge in [-0.1, -0.05) is 25.1 Å². The lowest BCUT2D eigenvalue weighted by atomic mass is 9.85. The highest BCUT2D eigenvalue weighted by Crippen LogP contribution is 2.26. The lowest BCUT2D eigenvalue weighted by Crippen LogP contribution is -2.44. The van der Waals surface area contributed by atoms with E-state index in [0.29, 0.717) is 31.2 Å². The molecule has 5 nitrogen and oxygen atoms in total. The summed E-state index contributed by atoms with van der Waals surface area (Å²) in [5.41, 5.74) is 0.914. The summed E-state index contributed by atoms with van der Waals surface area (Å²) in [5.74, 6) is 1.04. The zero-order valence-electron chi connectivity index (χ0n) is 15.3. The first-order valence-electron chi connectivity index (χ1n) is 9.40. The first-order valence-corrected chi connectivity index (χ1v) is 9.40. The molecule has 0 aliphatic carbocycles. The molecule has 2 amide bonds. The average molecular weight is 343 g/mol. The monoisotopic (exact) mass is 343 g/mol. The molecule has 3 unspecified atom stereocenters. The molecule has 1 aromatic carbocycles. The summed E-state index contributed by atoms with van der Waals surface area (Å²) in [5, 5.41) is 3.42. The Labute approximate surface area is 150 Å².